The highest BCUT2D eigenvalue weighted by atomic mass is 35.5. The molecular weight excluding hydrogens is 303 g/mol. The third kappa shape index (κ3) is 3.31. The molecule has 5 nitrogen and oxygen atoms in total. The van der Waals surface area contributed by atoms with Crippen molar-refractivity contribution in [3.8, 4) is 0 Å². The molecule has 0 atom stereocenters. The maximum Gasteiger partial charge on any atom is 0.271 e. The lowest BCUT2D eigenvalue weighted by atomic mass is 10.0. The van der Waals surface area contributed by atoms with Gasteiger partial charge >= 0.3 is 0 Å². The van der Waals surface area contributed by atoms with Crippen molar-refractivity contribution in [1.82, 2.24) is 4.98 Å². The number of halogens is 2. The molecule has 0 saturated heterocycles. The number of rotatable bonds is 4. The molecule has 0 amide bonds. The summed E-state index contributed by atoms with van der Waals surface area (Å²) >= 11 is 11.7. The van der Waals surface area contributed by atoms with Gasteiger partial charge in [0.1, 0.15) is 0 Å². The summed E-state index contributed by atoms with van der Waals surface area (Å²) in [4.78, 5) is 26.1. The predicted molar refractivity (Wildman–Crippen MR) is 75.4 cm³/mol. The highest BCUT2D eigenvalue weighted by Crippen LogP contribution is 2.23. The lowest BCUT2D eigenvalue weighted by Crippen LogP contribution is -2.05. The second-order valence-corrected chi connectivity index (χ2v) is 4.87. The Kier molecular flexibility index (Phi) is 4.32. The summed E-state index contributed by atoms with van der Waals surface area (Å²) in [5.41, 5.74) is 0.563. The van der Waals surface area contributed by atoms with E-state index in [-0.39, 0.29) is 28.5 Å². The van der Waals surface area contributed by atoms with E-state index in [0.717, 1.165) is 0 Å². The summed E-state index contributed by atoms with van der Waals surface area (Å²) in [5, 5.41) is 11.3. The second-order valence-electron chi connectivity index (χ2n) is 4.02. The van der Waals surface area contributed by atoms with Gasteiger partial charge in [-0.1, -0.05) is 23.2 Å². The fourth-order valence-electron chi connectivity index (χ4n) is 1.66. The first-order valence-corrected chi connectivity index (χ1v) is 6.29. The number of nitrogens with zero attached hydrogens (tertiary/aromatic N) is 2. The van der Waals surface area contributed by atoms with E-state index < -0.39 is 4.92 Å². The lowest BCUT2D eigenvalue weighted by molar-refractivity contribution is -0.384. The van der Waals surface area contributed by atoms with Gasteiger partial charge in [-0.3, -0.25) is 19.9 Å². The number of aromatic nitrogens is 1. The van der Waals surface area contributed by atoms with Crippen LogP contribution in [0.1, 0.15) is 15.9 Å². The van der Waals surface area contributed by atoms with Crippen LogP contribution in [0, 0.1) is 10.1 Å². The van der Waals surface area contributed by atoms with Crippen molar-refractivity contribution in [1.29, 1.82) is 0 Å². The highest BCUT2D eigenvalue weighted by Gasteiger charge is 2.15. The smallest absolute Gasteiger partial charge is 0.271 e. The number of Topliss-reactive ketones (excluding diaryl/α,β-unsaturated/α-hetero) is 1. The van der Waals surface area contributed by atoms with Crippen molar-refractivity contribution in [3.05, 3.63) is 67.9 Å². The van der Waals surface area contributed by atoms with Crippen LogP contribution in [-0.4, -0.2) is 15.7 Å². The third-order valence-electron chi connectivity index (χ3n) is 2.62. The third-order valence-corrected chi connectivity index (χ3v) is 3.18. The van der Waals surface area contributed by atoms with Crippen LogP contribution in [0.5, 0.6) is 0 Å². The van der Waals surface area contributed by atoms with Gasteiger partial charge in [0.05, 0.1) is 9.95 Å². The first kappa shape index (κ1) is 14.4. The van der Waals surface area contributed by atoms with Crippen LogP contribution in [-0.2, 0) is 6.42 Å². The number of carbonyl (C=O) groups excluding carboxylic acids is 1. The Morgan fingerprint density at radius 1 is 1.30 bits per heavy atom. The van der Waals surface area contributed by atoms with Crippen molar-refractivity contribution in [3.63, 3.8) is 0 Å². The van der Waals surface area contributed by atoms with E-state index >= 15 is 0 Å². The summed E-state index contributed by atoms with van der Waals surface area (Å²) < 4.78 is 0. The minimum absolute atomic E-state index is 0.0266. The van der Waals surface area contributed by atoms with Crippen LogP contribution in [0.15, 0.2) is 36.7 Å². The standard InChI is InChI=1S/C13H8Cl2N2O3/c14-10-3-9(4-11(6-10)17(19)20)13(18)5-8-1-2-16-7-12(8)15/h1-4,6-7H,5H2. The Bertz CT molecular complexity index is 689. The minimum atomic E-state index is -0.595. The van der Waals surface area contributed by atoms with Crippen molar-refractivity contribution < 1.29 is 9.72 Å². The summed E-state index contributed by atoms with van der Waals surface area (Å²) in [6, 6.07) is 5.41. The molecule has 0 unspecified atom stereocenters. The van der Waals surface area contributed by atoms with E-state index in [1.807, 2.05) is 0 Å². The molecule has 0 bridgehead atoms. The number of hydrogen-bond donors (Lipinski definition) is 0. The Morgan fingerprint density at radius 3 is 2.70 bits per heavy atom. The van der Waals surface area contributed by atoms with Crippen LogP contribution in [0.3, 0.4) is 0 Å². The molecule has 0 aliphatic rings. The number of benzene rings is 1. The first-order valence-electron chi connectivity index (χ1n) is 5.54. The van der Waals surface area contributed by atoms with Crippen LogP contribution >= 0.6 is 23.2 Å². The molecule has 0 aliphatic heterocycles. The summed E-state index contributed by atoms with van der Waals surface area (Å²) in [6.45, 7) is 0. The van der Waals surface area contributed by atoms with Crippen LogP contribution < -0.4 is 0 Å². The van der Waals surface area contributed by atoms with E-state index in [0.29, 0.717) is 10.6 Å². The van der Waals surface area contributed by atoms with Gasteiger partial charge < -0.3 is 0 Å². The molecule has 0 radical (unpaired) electrons. The molecule has 0 spiro atoms. The molecule has 0 saturated carbocycles. The first-order chi connectivity index (χ1) is 9.47. The molecule has 0 N–H and O–H groups in total. The summed E-state index contributed by atoms with van der Waals surface area (Å²) in [6.07, 6.45) is 2.98. The normalized spacial score (nSPS) is 10.3. The Labute approximate surface area is 124 Å². The molecular formula is C13H8Cl2N2O3. The fraction of sp³-hybridized carbons (Fsp3) is 0.0769. The van der Waals surface area contributed by atoms with Gasteiger partial charge in [0.25, 0.3) is 5.69 Å². The minimum Gasteiger partial charge on any atom is -0.294 e. The predicted octanol–water partition coefficient (Wildman–Crippen LogP) is 3.72. The number of hydrogen-bond acceptors (Lipinski definition) is 4. The molecule has 1 heterocycles. The van der Waals surface area contributed by atoms with Gasteiger partial charge in [0.15, 0.2) is 5.78 Å². The molecule has 2 aromatic rings. The molecule has 102 valence electrons. The monoisotopic (exact) mass is 310 g/mol. The quantitative estimate of drug-likeness (QED) is 0.490. The zero-order chi connectivity index (χ0) is 14.7. The maximum absolute atomic E-state index is 12.1. The van der Waals surface area contributed by atoms with Gasteiger partial charge in [0, 0.05) is 41.5 Å². The molecule has 0 fully saturated rings. The van der Waals surface area contributed by atoms with Crippen molar-refractivity contribution in [2.45, 2.75) is 6.42 Å². The average molecular weight is 311 g/mol. The number of carbonyl (C=O) groups is 1. The molecule has 20 heavy (non-hydrogen) atoms. The number of ketones is 1. The van der Waals surface area contributed by atoms with Gasteiger partial charge in [-0.05, 0) is 17.7 Å². The van der Waals surface area contributed by atoms with Crippen LogP contribution in [0.25, 0.3) is 0 Å². The second kappa shape index (κ2) is 5.98. The number of nitro groups is 1. The Balaban J connectivity index is 2.30. The zero-order valence-electron chi connectivity index (χ0n) is 10.0. The van der Waals surface area contributed by atoms with Crippen molar-refractivity contribution >= 4 is 34.7 Å². The van der Waals surface area contributed by atoms with Crippen molar-refractivity contribution in [2.24, 2.45) is 0 Å². The molecule has 1 aromatic heterocycles. The van der Waals surface area contributed by atoms with E-state index in [1.165, 1.54) is 30.6 Å². The van der Waals surface area contributed by atoms with E-state index in [4.69, 9.17) is 23.2 Å². The summed E-state index contributed by atoms with van der Waals surface area (Å²) in [5.74, 6) is -0.302. The molecule has 2 rings (SSSR count). The SMILES string of the molecule is O=C(Cc1ccncc1Cl)c1cc(Cl)cc([N+](=O)[O-])c1. The molecule has 7 heteroatoms. The summed E-state index contributed by atoms with van der Waals surface area (Å²) in [7, 11) is 0. The van der Waals surface area contributed by atoms with Gasteiger partial charge in [-0.15, -0.1) is 0 Å². The fourth-order valence-corrected chi connectivity index (χ4v) is 2.08. The number of non-ortho nitro benzene ring substituents is 1. The Hall–Kier alpha value is -1.98. The van der Waals surface area contributed by atoms with Crippen molar-refractivity contribution in [2.75, 3.05) is 0 Å². The topological polar surface area (TPSA) is 73.1 Å². The molecule has 0 aliphatic carbocycles. The largest absolute Gasteiger partial charge is 0.294 e. The van der Waals surface area contributed by atoms with E-state index in [2.05, 4.69) is 4.98 Å². The lowest BCUT2D eigenvalue weighted by Gasteiger charge is -2.04. The number of pyridine rings is 1. The molecule has 1 aromatic carbocycles. The maximum atomic E-state index is 12.1. The van der Waals surface area contributed by atoms with E-state index in [9.17, 15) is 14.9 Å². The number of nitro benzene ring substituents is 1. The van der Waals surface area contributed by atoms with Crippen LogP contribution in [0.2, 0.25) is 10.0 Å². The van der Waals surface area contributed by atoms with E-state index in [1.54, 1.807) is 6.07 Å². The Morgan fingerprint density at radius 2 is 2.05 bits per heavy atom. The van der Waals surface area contributed by atoms with Crippen LogP contribution in [0.4, 0.5) is 5.69 Å². The zero-order valence-corrected chi connectivity index (χ0v) is 11.6. The van der Waals surface area contributed by atoms with Gasteiger partial charge in [-0.25, -0.2) is 0 Å². The highest BCUT2D eigenvalue weighted by molar-refractivity contribution is 6.32. The average Bonchev–Trinajstić information content (AvgIpc) is 2.40. The van der Waals surface area contributed by atoms with Gasteiger partial charge in [-0.2, -0.15) is 0 Å². The van der Waals surface area contributed by atoms with Gasteiger partial charge in [0.2, 0.25) is 0 Å².